The monoisotopic (exact) mass is 380 g/mol. The van der Waals surface area contributed by atoms with E-state index in [4.69, 9.17) is 8.83 Å². The van der Waals surface area contributed by atoms with Crippen molar-refractivity contribution in [3.63, 3.8) is 0 Å². The van der Waals surface area contributed by atoms with E-state index >= 15 is 0 Å². The van der Waals surface area contributed by atoms with Crippen LogP contribution in [-0.2, 0) is 12.8 Å². The average Bonchev–Trinajstić information content (AvgIpc) is 3.21. The van der Waals surface area contributed by atoms with Crippen LogP contribution in [0.4, 0.5) is 0 Å². The third kappa shape index (κ3) is 1.99. The Hall–Kier alpha value is -2.33. The zero-order valence-electron chi connectivity index (χ0n) is 12.8. The molecule has 0 saturated heterocycles. The van der Waals surface area contributed by atoms with Crippen molar-refractivity contribution in [2.24, 2.45) is 0 Å². The minimum Gasteiger partial charge on any atom is -0.464 e. The van der Waals surface area contributed by atoms with Gasteiger partial charge in [0.15, 0.2) is 0 Å². The summed E-state index contributed by atoms with van der Waals surface area (Å²) in [5.74, 6) is 0. The van der Waals surface area contributed by atoms with Crippen LogP contribution >= 0.6 is 15.9 Å². The molecular formula is C20H13BrO3. The van der Waals surface area contributed by atoms with Gasteiger partial charge in [0.1, 0.15) is 11.2 Å². The number of furan rings is 1. The van der Waals surface area contributed by atoms with Crippen molar-refractivity contribution in [2.75, 3.05) is 0 Å². The van der Waals surface area contributed by atoms with Gasteiger partial charge in [-0.05, 0) is 48.6 Å². The van der Waals surface area contributed by atoms with Crippen LogP contribution in [0.1, 0.15) is 17.5 Å². The summed E-state index contributed by atoms with van der Waals surface area (Å²) in [6.45, 7) is 0. The van der Waals surface area contributed by atoms with Gasteiger partial charge in [0.25, 0.3) is 0 Å². The summed E-state index contributed by atoms with van der Waals surface area (Å²) in [7, 11) is 0. The SMILES string of the molecule is O=c1oc2cc3occ(-c4ccc(Br)cc4)c3cc2c2c1CCC2. The van der Waals surface area contributed by atoms with Gasteiger partial charge in [0.2, 0.25) is 0 Å². The number of fused-ring (bicyclic) bond motifs is 4. The van der Waals surface area contributed by atoms with Crippen LogP contribution in [0.15, 0.2) is 60.8 Å². The summed E-state index contributed by atoms with van der Waals surface area (Å²) in [4.78, 5) is 12.1. The minimum atomic E-state index is -0.200. The molecule has 0 aliphatic heterocycles. The molecule has 4 heteroatoms. The Morgan fingerprint density at radius 1 is 0.917 bits per heavy atom. The van der Waals surface area contributed by atoms with Crippen LogP contribution < -0.4 is 5.63 Å². The second-order valence-corrected chi connectivity index (χ2v) is 7.12. The van der Waals surface area contributed by atoms with E-state index < -0.39 is 0 Å². The Kier molecular flexibility index (Phi) is 2.98. The first-order chi connectivity index (χ1) is 11.7. The first-order valence-corrected chi connectivity index (χ1v) is 8.76. The molecule has 118 valence electrons. The maximum Gasteiger partial charge on any atom is 0.339 e. The highest BCUT2D eigenvalue weighted by Crippen LogP contribution is 2.36. The van der Waals surface area contributed by atoms with Gasteiger partial charge < -0.3 is 8.83 Å². The number of aryl methyl sites for hydroxylation is 1. The molecule has 5 rings (SSSR count). The van der Waals surface area contributed by atoms with Crippen molar-refractivity contribution in [3.8, 4) is 11.1 Å². The number of benzene rings is 2. The van der Waals surface area contributed by atoms with E-state index in [1.54, 1.807) is 6.26 Å². The fourth-order valence-corrected chi connectivity index (χ4v) is 3.92. The van der Waals surface area contributed by atoms with Gasteiger partial charge in [-0.3, -0.25) is 0 Å². The molecule has 0 N–H and O–H groups in total. The first kappa shape index (κ1) is 14.1. The Morgan fingerprint density at radius 2 is 1.71 bits per heavy atom. The Labute approximate surface area is 146 Å². The zero-order chi connectivity index (χ0) is 16.3. The van der Waals surface area contributed by atoms with E-state index in [0.29, 0.717) is 5.58 Å². The fourth-order valence-electron chi connectivity index (χ4n) is 3.66. The number of hydrogen-bond acceptors (Lipinski definition) is 3. The molecule has 0 atom stereocenters. The van der Waals surface area contributed by atoms with Crippen molar-refractivity contribution in [1.82, 2.24) is 0 Å². The minimum absolute atomic E-state index is 0.200. The lowest BCUT2D eigenvalue weighted by atomic mass is 10.0. The second-order valence-electron chi connectivity index (χ2n) is 6.20. The lowest BCUT2D eigenvalue weighted by Crippen LogP contribution is -2.06. The molecule has 0 fully saturated rings. The van der Waals surface area contributed by atoms with Gasteiger partial charge in [-0.2, -0.15) is 0 Å². The van der Waals surface area contributed by atoms with Gasteiger partial charge >= 0.3 is 5.63 Å². The van der Waals surface area contributed by atoms with Gasteiger partial charge in [-0.15, -0.1) is 0 Å². The maximum absolute atomic E-state index is 12.1. The standard InChI is InChI=1S/C20H13BrO3/c21-12-6-4-11(5-7-12)17-10-23-18-9-19-15(8-16(17)18)13-2-1-3-14(13)20(22)24-19/h4-10H,1-3H2. The van der Waals surface area contributed by atoms with Gasteiger partial charge in [-0.1, -0.05) is 28.1 Å². The molecule has 2 aromatic heterocycles. The molecule has 0 unspecified atom stereocenters. The molecule has 0 spiro atoms. The van der Waals surface area contributed by atoms with Crippen LogP contribution in [-0.4, -0.2) is 0 Å². The smallest absolute Gasteiger partial charge is 0.339 e. The highest BCUT2D eigenvalue weighted by molar-refractivity contribution is 9.10. The van der Waals surface area contributed by atoms with Crippen molar-refractivity contribution < 1.29 is 8.83 Å². The topological polar surface area (TPSA) is 43.4 Å². The van der Waals surface area contributed by atoms with Gasteiger partial charge in [0, 0.05) is 32.4 Å². The van der Waals surface area contributed by atoms with E-state index in [2.05, 4.69) is 34.1 Å². The summed E-state index contributed by atoms with van der Waals surface area (Å²) in [5, 5.41) is 2.09. The molecular weight excluding hydrogens is 368 g/mol. The van der Waals surface area contributed by atoms with Gasteiger partial charge in [-0.25, -0.2) is 4.79 Å². The highest BCUT2D eigenvalue weighted by atomic mass is 79.9. The number of rotatable bonds is 1. The van der Waals surface area contributed by atoms with Crippen molar-refractivity contribution in [3.05, 3.63) is 68.7 Å². The maximum atomic E-state index is 12.1. The molecule has 3 nitrogen and oxygen atoms in total. The summed E-state index contributed by atoms with van der Waals surface area (Å²) >= 11 is 3.47. The average molecular weight is 381 g/mol. The molecule has 1 aliphatic rings. The van der Waals surface area contributed by atoms with Gasteiger partial charge in [0.05, 0.1) is 6.26 Å². The summed E-state index contributed by atoms with van der Waals surface area (Å²) in [6.07, 6.45) is 4.54. The zero-order valence-corrected chi connectivity index (χ0v) is 14.4. The Bertz CT molecular complexity index is 1150. The lowest BCUT2D eigenvalue weighted by Gasteiger charge is -2.05. The van der Waals surface area contributed by atoms with Crippen LogP contribution in [0, 0.1) is 0 Å². The number of halogens is 1. The lowest BCUT2D eigenvalue weighted by molar-refractivity contribution is 0.550. The quantitative estimate of drug-likeness (QED) is 0.412. The van der Waals surface area contributed by atoms with E-state index in [-0.39, 0.29) is 5.63 Å². The van der Waals surface area contributed by atoms with Crippen LogP contribution in [0.3, 0.4) is 0 Å². The third-order valence-electron chi connectivity index (χ3n) is 4.82. The summed E-state index contributed by atoms with van der Waals surface area (Å²) in [6, 6.07) is 12.1. The highest BCUT2D eigenvalue weighted by Gasteiger charge is 2.21. The van der Waals surface area contributed by atoms with Crippen molar-refractivity contribution in [2.45, 2.75) is 19.3 Å². The molecule has 1 aliphatic carbocycles. The molecule has 4 aromatic rings. The molecule has 0 saturated carbocycles. The Balaban J connectivity index is 1.83. The molecule has 2 heterocycles. The van der Waals surface area contributed by atoms with E-state index in [0.717, 1.165) is 62.3 Å². The first-order valence-electron chi connectivity index (χ1n) is 7.96. The Morgan fingerprint density at radius 3 is 2.54 bits per heavy atom. The molecule has 0 radical (unpaired) electrons. The molecule has 24 heavy (non-hydrogen) atoms. The van der Waals surface area contributed by atoms with E-state index in [1.165, 1.54) is 0 Å². The normalized spacial score (nSPS) is 13.7. The largest absolute Gasteiger partial charge is 0.464 e. The van der Waals surface area contributed by atoms with Crippen molar-refractivity contribution >= 4 is 37.9 Å². The fraction of sp³-hybridized carbons (Fsp3) is 0.150. The second kappa shape index (κ2) is 5.08. The van der Waals surface area contributed by atoms with Crippen molar-refractivity contribution in [1.29, 1.82) is 0 Å². The molecule has 0 amide bonds. The third-order valence-corrected chi connectivity index (χ3v) is 5.35. The van der Waals surface area contributed by atoms with E-state index in [1.807, 2.05) is 18.2 Å². The van der Waals surface area contributed by atoms with Crippen LogP contribution in [0.5, 0.6) is 0 Å². The predicted octanol–water partition coefficient (Wildman–Crippen LogP) is 5.46. The number of hydrogen-bond donors (Lipinski definition) is 0. The van der Waals surface area contributed by atoms with Crippen LogP contribution in [0.2, 0.25) is 0 Å². The van der Waals surface area contributed by atoms with Crippen LogP contribution in [0.25, 0.3) is 33.1 Å². The predicted molar refractivity (Wildman–Crippen MR) is 97.4 cm³/mol. The summed E-state index contributed by atoms with van der Waals surface area (Å²) in [5.41, 5.74) is 5.30. The molecule has 0 bridgehead atoms. The van der Waals surface area contributed by atoms with E-state index in [9.17, 15) is 4.79 Å². The summed E-state index contributed by atoms with van der Waals surface area (Å²) < 4.78 is 12.3. The molecule has 2 aromatic carbocycles.